The molecule has 0 aliphatic rings. The standard InChI is InChI=1S/C15H16ClN3O2/c1-10-7-11(18-21-10)9-19-14-8-12(20-2)3-4-13(14)17-15(19)5-6-16/h3-4,7-8H,5-6,9H2,1-2H3. The number of imidazole rings is 1. The van der Waals surface area contributed by atoms with E-state index in [4.69, 9.17) is 20.9 Å². The van der Waals surface area contributed by atoms with Crippen LogP contribution in [0, 0.1) is 6.92 Å². The second-order valence-electron chi connectivity index (χ2n) is 4.84. The number of fused-ring (bicyclic) bond motifs is 1. The van der Waals surface area contributed by atoms with Gasteiger partial charge in [-0.1, -0.05) is 5.16 Å². The van der Waals surface area contributed by atoms with Gasteiger partial charge in [0.1, 0.15) is 23.0 Å². The molecule has 0 saturated heterocycles. The minimum absolute atomic E-state index is 0.526. The van der Waals surface area contributed by atoms with E-state index in [9.17, 15) is 0 Å². The Hall–Kier alpha value is -2.01. The molecule has 5 nitrogen and oxygen atoms in total. The fraction of sp³-hybridized carbons (Fsp3) is 0.333. The lowest BCUT2D eigenvalue weighted by Gasteiger charge is -2.07. The van der Waals surface area contributed by atoms with Gasteiger partial charge in [0.25, 0.3) is 0 Å². The number of nitrogens with zero attached hydrogens (tertiary/aromatic N) is 3. The van der Waals surface area contributed by atoms with Crippen LogP contribution >= 0.6 is 11.6 Å². The Labute approximate surface area is 127 Å². The number of alkyl halides is 1. The second kappa shape index (κ2) is 5.77. The van der Waals surface area contributed by atoms with Gasteiger partial charge in [-0.2, -0.15) is 0 Å². The van der Waals surface area contributed by atoms with Crippen molar-refractivity contribution in [3.63, 3.8) is 0 Å². The first-order valence-electron chi connectivity index (χ1n) is 6.72. The second-order valence-corrected chi connectivity index (χ2v) is 5.21. The summed E-state index contributed by atoms with van der Waals surface area (Å²) >= 11 is 5.89. The predicted octanol–water partition coefficient (Wildman–Crippen LogP) is 3.17. The third-order valence-corrected chi connectivity index (χ3v) is 3.54. The summed E-state index contributed by atoms with van der Waals surface area (Å²) in [6.45, 7) is 2.48. The number of ether oxygens (including phenoxy) is 1. The van der Waals surface area contributed by atoms with Gasteiger partial charge in [0.2, 0.25) is 0 Å². The molecule has 3 aromatic rings. The van der Waals surface area contributed by atoms with Gasteiger partial charge in [-0.3, -0.25) is 0 Å². The van der Waals surface area contributed by atoms with E-state index in [1.54, 1.807) is 7.11 Å². The summed E-state index contributed by atoms with van der Waals surface area (Å²) < 4.78 is 12.5. The van der Waals surface area contributed by atoms with Crippen molar-refractivity contribution < 1.29 is 9.26 Å². The van der Waals surface area contributed by atoms with Crippen LogP contribution in [0.1, 0.15) is 17.3 Å². The van der Waals surface area contributed by atoms with E-state index in [0.717, 1.165) is 34.1 Å². The van der Waals surface area contributed by atoms with Crippen molar-refractivity contribution in [2.75, 3.05) is 13.0 Å². The highest BCUT2D eigenvalue weighted by Gasteiger charge is 2.13. The van der Waals surface area contributed by atoms with Crippen LogP contribution in [-0.4, -0.2) is 27.7 Å². The van der Waals surface area contributed by atoms with Crippen LogP contribution in [0.4, 0.5) is 0 Å². The number of hydrogen-bond acceptors (Lipinski definition) is 4. The number of aromatic nitrogens is 3. The molecule has 3 rings (SSSR count). The minimum Gasteiger partial charge on any atom is -0.497 e. The van der Waals surface area contributed by atoms with Gasteiger partial charge in [0.05, 0.1) is 24.7 Å². The molecule has 21 heavy (non-hydrogen) atoms. The molecule has 0 amide bonds. The predicted molar refractivity (Wildman–Crippen MR) is 81.1 cm³/mol. The van der Waals surface area contributed by atoms with E-state index in [0.29, 0.717) is 18.8 Å². The van der Waals surface area contributed by atoms with Gasteiger partial charge < -0.3 is 13.8 Å². The number of hydrogen-bond donors (Lipinski definition) is 0. The topological polar surface area (TPSA) is 53.1 Å². The molecule has 2 aromatic heterocycles. The van der Waals surface area contributed by atoms with E-state index >= 15 is 0 Å². The van der Waals surface area contributed by atoms with Gasteiger partial charge in [-0.05, 0) is 19.1 Å². The van der Waals surface area contributed by atoms with Gasteiger partial charge in [0.15, 0.2) is 0 Å². The Morgan fingerprint density at radius 3 is 2.86 bits per heavy atom. The largest absolute Gasteiger partial charge is 0.497 e. The fourth-order valence-corrected chi connectivity index (χ4v) is 2.55. The lowest BCUT2D eigenvalue weighted by atomic mass is 10.3. The monoisotopic (exact) mass is 305 g/mol. The Morgan fingerprint density at radius 1 is 1.33 bits per heavy atom. The highest BCUT2D eigenvalue weighted by atomic mass is 35.5. The Morgan fingerprint density at radius 2 is 2.19 bits per heavy atom. The normalized spacial score (nSPS) is 11.2. The van der Waals surface area contributed by atoms with Gasteiger partial charge >= 0.3 is 0 Å². The number of rotatable bonds is 5. The van der Waals surface area contributed by atoms with Crippen LogP contribution in [-0.2, 0) is 13.0 Å². The lowest BCUT2D eigenvalue weighted by molar-refractivity contribution is 0.389. The van der Waals surface area contributed by atoms with E-state index in [1.807, 2.05) is 31.2 Å². The maximum Gasteiger partial charge on any atom is 0.133 e. The van der Waals surface area contributed by atoms with Crippen LogP contribution in [0.2, 0.25) is 0 Å². The lowest BCUT2D eigenvalue weighted by Crippen LogP contribution is -2.06. The number of benzene rings is 1. The first-order chi connectivity index (χ1) is 10.2. The summed E-state index contributed by atoms with van der Waals surface area (Å²) in [5.74, 6) is 3.07. The van der Waals surface area contributed by atoms with Gasteiger partial charge in [-0.15, -0.1) is 11.6 Å². The SMILES string of the molecule is COc1ccc2nc(CCCl)n(Cc3cc(C)on3)c2c1. The molecule has 0 N–H and O–H groups in total. The van der Waals surface area contributed by atoms with Crippen LogP contribution < -0.4 is 4.74 Å². The third-order valence-electron chi connectivity index (χ3n) is 3.35. The molecular formula is C15H16ClN3O2. The molecule has 1 aromatic carbocycles. The number of halogens is 1. The average Bonchev–Trinajstić information content (AvgIpc) is 3.04. The quantitative estimate of drug-likeness (QED) is 0.679. The molecule has 110 valence electrons. The maximum atomic E-state index is 5.89. The first-order valence-corrected chi connectivity index (χ1v) is 7.26. The first kappa shape index (κ1) is 13.9. The van der Waals surface area contributed by atoms with Crippen LogP contribution in [0.5, 0.6) is 5.75 Å². The molecule has 0 radical (unpaired) electrons. The summed E-state index contributed by atoms with van der Waals surface area (Å²) in [6.07, 6.45) is 0.704. The summed E-state index contributed by atoms with van der Waals surface area (Å²) in [7, 11) is 1.66. The zero-order valence-electron chi connectivity index (χ0n) is 12.0. The van der Waals surface area contributed by atoms with Gasteiger partial charge in [0, 0.05) is 24.4 Å². The summed E-state index contributed by atoms with van der Waals surface area (Å²) in [5, 5.41) is 4.05. The molecule has 0 fully saturated rings. The summed E-state index contributed by atoms with van der Waals surface area (Å²) in [6, 6.07) is 7.77. The van der Waals surface area contributed by atoms with Crippen LogP contribution in [0.15, 0.2) is 28.8 Å². The highest BCUT2D eigenvalue weighted by molar-refractivity contribution is 6.17. The molecule has 0 spiro atoms. The number of methoxy groups -OCH3 is 1. The zero-order chi connectivity index (χ0) is 14.8. The van der Waals surface area contributed by atoms with E-state index in [2.05, 4.69) is 14.7 Å². The Kier molecular flexibility index (Phi) is 3.84. The summed E-state index contributed by atoms with van der Waals surface area (Å²) in [4.78, 5) is 4.65. The molecule has 0 aliphatic heterocycles. The van der Waals surface area contributed by atoms with E-state index < -0.39 is 0 Å². The van der Waals surface area contributed by atoms with Crippen molar-refractivity contribution in [2.45, 2.75) is 19.9 Å². The van der Waals surface area contributed by atoms with Crippen molar-refractivity contribution >= 4 is 22.6 Å². The summed E-state index contributed by atoms with van der Waals surface area (Å²) in [5.41, 5.74) is 2.80. The fourth-order valence-electron chi connectivity index (χ4n) is 2.39. The zero-order valence-corrected chi connectivity index (χ0v) is 12.7. The molecule has 0 aliphatic carbocycles. The molecule has 0 saturated carbocycles. The molecule has 6 heteroatoms. The smallest absolute Gasteiger partial charge is 0.133 e. The molecule has 0 unspecified atom stereocenters. The van der Waals surface area contributed by atoms with Crippen molar-refractivity contribution in [3.8, 4) is 5.75 Å². The third kappa shape index (κ3) is 2.74. The van der Waals surface area contributed by atoms with Crippen molar-refractivity contribution in [2.24, 2.45) is 0 Å². The molecule has 2 heterocycles. The van der Waals surface area contributed by atoms with E-state index in [1.165, 1.54) is 0 Å². The van der Waals surface area contributed by atoms with Gasteiger partial charge in [-0.25, -0.2) is 4.98 Å². The highest BCUT2D eigenvalue weighted by Crippen LogP contribution is 2.23. The van der Waals surface area contributed by atoms with Crippen molar-refractivity contribution in [3.05, 3.63) is 41.5 Å². The maximum absolute atomic E-state index is 5.89. The van der Waals surface area contributed by atoms with Crippen molar-refractivity contribution in [1.29, 1.82) is 0 Å². The molecule has 0 atom stereocenters. The Bertz CT molecular complexity index is 763. The number of aryl methyl sites for hydroxylation is 2. The van der Waals surface area contributed by atoms with E-state index in [-0.39, 0.29) is 0 Å². The van der Waals surface area contributed by atoms with Crippen LogP contribution in [0.3, 0.4) is 0 Å². The minimum atomic E-state index is 0.526. The molecular weight excluding hydrogens is 290 g/mol. The van der Waals surface area contributed by atoms with Crippen LogP contribution in [0.25, 0.3) is 11.0 Å². The average molecular weight is 306 g/mol. The molecule has 0 bridgehead atoms. The Balaban J connectivity index is 2.09. The van der Waals surface area contributed by atoms with Crippen molar-refractivity contribution in [1.82, 2.24) is 14.7 Å².